The molecule has 0 N–H and O–H groups in total. The van der Waals surface area contributed by atoms with E-state index in [1.165, 1.54) is 0 Å². The van der Waals surface area contributed by atoms with Crippen LogP contribution in [0.25, 0.3) is 5.52 Å². The lowest BCUT2D eigenvalue weighted by Crippen LogP contribution is -1.80. The number of aromatic nitrogens is 2. The van der Waals surface area contributed by atoms with Crippen LogP contribution >= 0.6 is 0 Å². The van der Waals surface area contributed by atoms with Gasteiger partial charge in [0.25, 0.3) is 0 Å². The first-order valence-corrected chi connectivity index (χ1v) is 2.68. The Balaban J connectivity index is 2.95. The number of hydrogen-bond donors (Lipinski definition) is 0. The predicted octanol–water partition coefficient (Wildman–Crippen LogP) is 0.935. The molecule has 2 heterocycles. The minimum atomic E-state index is 0.956. The van der Waals surface area contributed by atoms with Gasteiger partial charge in [-0.1, -0.05) is 6.07 Å². The van der Waals surface area contributed by atoms with Crippen molar-refractivity contribution in [3.05, 3.63) is 36.7 Å². The van der Waals surface area contributed by atoms with Crippen LogP contribution in [0.4, 0.5) is 0 Å². The summed E-state index contributed by atoms with van der Waals surface area (Å²) >= 11 is 0. The van der Waals surface area contributed by atoms with Crippen molar-refractivity contribution in [2.75, 3.05) is 0 Å². The molecule has 2 nitrogen and oxygen atoms in total. The predicted molar refractivity (Wildman–Crippen MR) is 32.9 cm³/mol. The van der Waals surface area contributed by atoms with E-state index in [0.29, 0.717) is 0 Å². The maximum absolute atomic E-state index is 3.98. The van der Waals surface area contributed by atoms with E-state index in [1.54, 1.807) is 16.8 Å². The number of nitrogens with zero attached hydrogens (tertiary/aromatic N) is 2. The van der Waals surface area contributed by atoms with Crippen molar-refractivity contribution in [3.63, 3.8) is 0 Å². The van der Waals surface area contributed by atoms with Gasteiger partial charge in [0.05, 0.1) is 6.20 Å². The molecule has 0 bridgehead atoms. The van der Waals surface area contributed by atoms with Gasteiger partial charge in [-0.3, -0.25) is 0 Å². The summed E-state index contributed by atoms with van der Waals surface area (Å²) in [5.41, 5.74) is 0.956. The molecule has 0 aliphatic carbocycles. The average molecular weight is 116 g/mol. The molecular formula is C7H4N2. The fourth-order valence-electron chi connectivity index (χ4n) is 0.756. The Morgan fingerprint density at radius 1 is 1.56 bits per heavy atom. The van der Waals surface area contributed by atoms with Crippen molar-refractivity contribution in [3.8, 4) is 0 Å². The zero-order valence-corrected chi connectivity index (χ0v) is 4.70. The summed E-state index contributed by atoms with van der Waals surface area (Å²) in [6.45, 7) is 0. The van der Waals surface area contributed by atoms with Gasteiger partial charge in [0.2, 0.25) is 0 Å². The lowest BCUT2D eigenvalue weighted by Gasteiger charge is -1.81. The summed E-state index contributed by atoms with van der Waals surface area (Å²) in [5, 5.41) is 3.98. The highest BCUT2D eigenvalue weighted by Crippen LogP contribution is 1.93. The van der Waals surface area contributed by atoms with Crippen LogP contribution in [0.2, 0.25) is 0 Å². The fourth-order valence-corrected chi connectivity index (χ4v) is 0.756. The molecule has 0 fully saturated rings. The molecule has 0 radical (unpaired) electrons. The molecule has 0 amide bonds. The molecule has 0 saturated carbocycles. The molecule has 0 spiro atoms. The lowest BCUT2D eigenvalue weighted by atomic mass is 10.5. The Morgan fingerprint density at radius 3 is 3.44 bits per heavy atom. The summed E-state index contributed by atoms with van der Waals surface area (Å²) in [6.07, 6.45) is 3.57. The van der Waals surface area contributed by atoms with Gasteiger partial charge in [-0.15, -0.1) is 0 Å². The van der Waals surface area contributed by atoms with Crippen molar-refractivity contribution >= 4 is 5.52 Å². The number of fused-ring (bicyclic) bond motifs is 1. The summed E-state index contributed by atoms with van der Waals surface area (Å²) < 4.78 is 1.75. The van der Waals surface area contributed by atoms with Crippen LogP contribution in [0, 0.1) is 12.1 Å². The Kier molecular flexibility index (Phi) is 0.729. The highest BCUT2D eigenvalue weighted by molar-refractivity contribution is 5.39. The van der Waals surface area contributed by atoms with Crippen LogP contribution < -0.4 is 0 Å². The average Bonchev–Trinajstić information content (AvgIpc) is 2.33. The first-order chi connectivity index (χ1) is 4.47. The molecule has 42 valence electrons. The first kappa shape index (κ1) is 4.39. The zero-order chi connectivity index (χ0) is 6.10. The van der Waals surface area contributed by atoms with Crippen molar-refractivity contribution in [2.45, 2.75) is 0 Å². The van der Waals surface area contributed by atoms with Gasteiger partial charge in [-0.2, -0.15) is 5.10 Å². The van der Waals surface area contributed by atoms with Gasteiger partial charge >= 0.3 is 0 Å². The normalized spacial score (nSPS) is 9.33. The van der Waals surface area contributed by atoms with E-state index in [0.717, 1.165) is 5.52 Å². The number of rotatable bonds is 0. The topological polar surface area (TPSA) is 17.3 Å². The third kappa shape index (κ3) is 0.550. The molecule has 2 aromatic rings. The van der Waals surface area contributed by atoms with E-state index in [1.807, 2.05) is 12.3 Å². The van der Waals surface area contributed by atoms with E-state index < -0.39 is 0 Å². The van der Waals surface area contributed by atoms with Gasteiger partial charge in [0, 0.05) is 12.3 Å². The molecular weight excluding hydrogens is 112 g/mol. The summed E-state index contributed by atoms with van der Waals surface area (Å²) in [7, 11) is 0. The molecule has 0 aromatic carbocycles. The van der Waals surface area contributed by atoms with Gasteiger partial charge < -0.3 is 0 Å². The minimum Gasteiger partial charge on any atom is -0.232 e. The molecule has 0 saturated heterocycles. The van der Waals surface area contributed by atoms with Crippen molar-refractivity contribution in [1.29, 1.82) is 0 Å². The van der Waals surface area contributed by atoms with Crippen LogP contribution in [-0.4, -0.2) is 9.61 Å². The maximum atomic E-state index is 3.98. The van der Waals surface area contributed by atoms with E-state index in [9.17, 15) is 0 Å². The van der Waals surface area contributed by atoms with Crippen LogP contribution in [0.15, 0.2) is 24.5 Å². The maximum Gasteiger partial charge on any atom is 0.116 e. The molecule has 0 aliphatic rings. The van der Waals surface area contributed by atoms with Crippen molar-refractivity contribution in [2.24, 2.45) is 0 Å². The largest absolute Gasteiger partial charge is 0.232 e. The first-order valence-electron chi connectivity index (χ1n) is 2.68. The van der Waals surface area contributed by atoms with Gasteiger partial charge in [-0.25, -0.2) is 4.52 Å². The third-order valence-corrected chi connectivity index (χ3v) is 1.17. The second-order valence-corrected chi connectivity index (χ2v) is 1.75. The Bertz CT molecular complexity index is 281. The second kappa shape index (κ2) is 1.49. The second-order valence-electron chi connectivity index (χ2n) is 1.75. The number of hydrogen-bond acceptors (Lipinski definition) is 1. The van der Waals surface area contributed by atoms with E-state index in [-0.39, 0.29) is 0 Å². The molecule has 2 aromatic heterocycles. The Morgan fingerprint density at radius 2 is 2.56 bits per heavy atom. The fraction of sp³-hybridized carbons (Fsp3) is 0. The van der Waals surface area contributed by atoms with E-state index >= 15 is 0 Å². The smallest absolute Gasteiger partial charge is 0.116 e. The van der Waals surface area contributed by atoms with Crippen LogP contribution in [0.1, 0.15) is 0 Å². The van der Waals surface area contributed by atoms with Crippen molar-refractivity contribution < 1.29 is 0 Å². The summed E-state index contributed by atoms with van der Waals surface area (Å²) in [4.78, 5) is 0. The SMILES string of the molecule is c1ccn2nccc2c#1. The molecule has 0 unspecified atom stereocenters. The summed E-state index contributed by atoms with van der Waals surface area (Å²) in [5.74, 6) is 0. The molecule has 2 heteroatoms. The van der Waals surface area contributed by atoms with Gasteiger partial charge in [-0.05, 0) is 12.1 Å². The highest BCUT2D eigenvalue weighted by atomic mass is 15.2. The standard InChI is InChI=1S/C7H4N2/c1-2-6-9-7(3-1)4-5-8-9/h2,4-6H. The monoisotopic (exact) mass is 116 g/mol. The van der Waals surface area contributed by atoms with Crippen LogP contribution in [0.5, 0.6) is 0 Å². The van der Waals surface area contributed by atoms with E-state index in [2.05, 4.69) is 17.2 Å². The molecule has 0 atom stereocenters. The Hall–Kier alpha value is -1.49. The third-order valence-electron chi connectivity index (χ3n) is 1.17. The van der Waals surface area contributed by atoms with Crippen molar-refractivity contribution in [1.82, 2.24) is 9.61 Å². The minimum absolute atomic E-state index is 0.956. The van der Waals surface area contributed by atoms with Crippen LogP contribution in [0.3, 0.4) is 0 Å². The lowest BCUT2D eigenvalue weighted by molar-refractivity contribution is 0.963. The Labute approximate surface area is 52.7 Å². The van der Waals surface area contributed by atoms with E-state index in [4.69, 9.17) is 0 Å². The molecule has 9 heavy (non-hydrogen) atoms. The zero-order valence-electron chi connectivity index (χ0n) is 4.70. The quantitative estimate of drug-likeness (QED) is 0.500. The molecule has 0 aliphatic heterocycles. The highest BCUT2D eigenvalue weighted by Gasteiger charge is 1.84. The molecule has 2 rings (SSSR count). The van der Waals surface area contributed by atoms with Gasteiger partial charge in [0.15, 0.2) is 0 Å². The summed E-state index contributed by atoms with van der Waals surface area (Å²) in [6, 6.07) is 9.41. The van der Waals surface area contributed by atoms with Crippen LogP contribution in [-0.2, 0) is 0 Å². The van der Waals surface area contributed by atoms with Gasteiger partial charge in [0.1, 0.15) is 5.52 Å².